The smallest absolute Gasteiger partial charge is 0.271 e. The van der Waals surface area contributed by atoms with Gasteiger partial charge in [0, 0.05) is 81.7 Å². The zero-order valence-electron chi connectivity index (χ0n) is 48.5. The van der Waals surface area contributed by atoms with E-state index in [9.17, 15) is 34.2 Å². The summed E-state index contributed by atoms with van der Waals surface area (Å²) in [6.07, 6.45) is -2.76. The van der Waals surface area contributed by atoms with Crippen LogP contribution in [0.15, 0.2) is 93.6 Å². The molecule has 6 amide bonds. The SMILES string of the molecule is Cc1sc2nc1C(=O)C[C@@H]([C@H](OCC(=O)NCCN(C)C)c1ccccc1)c1nc(cs1)C(=O)N[C@@H](Cc1ccc(O)cc1)C(=O)N1C[C@H](O)[C@H](C)[C@H]1c1nc(cs1)-c1nc(cs1)-c1nc(-c3nc(C(N)=O)cs3)ccc1-c1nc(cs1)C(=O)N[C@H]2CC(N)=O. The number of hydrogen-bond acceptors (Lipinski definition) is 24. The van der Waals surface area contributed by atoms with Crippen molar-refractivity contribution in [2.24, 2.45) is 17.4 Å². The number of nitrogens with one attached hydrogen (secondary N) is 3. The molecule has 90 heavy (non-hydrogen) atoms. The van der Waals surface area contributed by atoms with Crippen LogP contribution >= 0.6 is 68.0 Å². The number of primary amides is 2. The number of amides is 6. The largest absolute Gasteiger partial charge is 0.508 e. The number of nitrogens with two attached hydrogens (primary N) is 2. The summed E-state index contributed by atoms with van der Waals surface area (Å²) in [6.45, 7) is 3.90. The minimum Gasteiger partial charge on any atom is -0.508 e. The number of fused-ring (bicyclic) bond motifs is 16. The first-order valence-electron chi connectivity index (χ1n) is 28.1. The second kappa shape index (κ2) is 27.3. The van der Waals surface area contributed by atoms with Gasteiger partial charge in [-0.2, -0.15) is 0 Å². The zero-order chi connectivity index (χ0) is 63.5. The maximum absolute atomic E-state index is 15.3. The number of pyridine rings is 1. The first-order valence-corrected chi connectivity index (χ1v) is 33.3. The molecule has 0 radical (unpaired) electrons. The van der Waals surface area contributed by atoms with Crippen LogP contribution < -0.4 is 27.4 Å². The molecular formula is C60H58N14O10S6. The fraction of sp³-hybridized carbons (Fsp3) is 0.300. The molecule has 9 aromatic rings. The maximum atomic E-state index is 15.3. The number of carbonyl (C=O) groups excluding carboxylic acids is 7. The van der Waals surface area contributed by atoms with Gasteiger partial charge in [-0.05, 0) is 56.4 Å². The van der Waals surface area contributed by atoms with Crippen molar-refractivity contribution in [1.29, 1.82) is 0 Å². The number of carbonyl (C=O) groups is 7. The van der Waals surface area contributed by atoms with E-state index in [2.05, 4.69) is 20.9 Å². The van der Waals surface area contributed by atoms with Crippen molar-refractivity contribution in [3.8, 4) is 49.1 Å². The minimum absolute atomic E-state index is 0.00475. The number of aromatic hydroxyl groups is 1. The molecule has 0 unspecified atom stereocenters. The number of hydrogen-bond donors (Lipinski definition) is 7. The van der Waals surface area contributed by atoms with Gasteiger partial charge in [-0.15, -0.1) is 68.0 Å². The lowest BCUT2D eigenvalue weighted by Gasteiger charge is -2.29. The van der Waals surface area contributed by atoms with Crippen molar-refractivity contribution < 1.29 is 48.5 Å². The van der Waals surface area contributed by atoms with Gasteiger partial charge in [0.25, 0.3) is 17.7 Å². The molecule has 0 spiro atoms. The van der Waals surface area contributed by atoms with E-state index in [1.165, 1.54) is 61.8 Å². The second-order valence-electron chi connectivity index (χ2n) is 21.7. The van der Waals surface area contributed by atoms with Crippen LogP contribution in [0.2, 0.25) is 0 Å². The summed E-state index contributed by atoms with van der Waals surface area (Å²) in [5.74, 6) is -5.82. The highest BCUT2D eigenvalue weighted by atomic mass is 32.1. The van der Waals surface area contributed by atoms with Crippen LogP contribution in [0.3, 0.4) is 0 Å². The van der Waals surface area contributed by atoms with E-state index >= 15 is 9.59 Å². The van der Waals surface area contributed by atoms with Crippen molar-refractivity contribution >= 4 is 109 Å². The van der Waals surface area contributed by atoms with E-state index in [4.69, 9.17) is 46.1 Å². The summed E-state index contributed by atoms with van der Waals surface area (Å²) in [5.41, 5.74) is 14.6. The van der Waals surface area contributed by atoms with E-state index in [1.54, 1.807) is 77.7 Å². The van der Waals surface area contributed by atoms with Crippen LogP contribution in [0, 0.1) is 12.8 Å². The Bertz CT molecular complexity index is 4160. The lowest BCUT2D eigenvalue weighted by atomic mass is 9.90. The number of rotatable bonds is 14. The molecule has 1 fully saturated rings. The summed E-state index contributed by atoms with van der Waals surface area (Å²) >= 11 is 7.02. The van der Waals surface area contributed by atoms with Crippen LogP contribution in [0.5, 0.6) is 5.75 Å². The van der Waals surface area contributed by atoms with E-state index in [0.29, 0.717) is 77.5 Å². The van der Waals surface area contributed by atoms with Gasteiger partial charge in [0.1, 0.15) is 83.3 Å². The fourth-order valence-corrected chi connectivity index (χ4v) is 15.8. The summed E-state index contributed by atoms with van der Waals surface area (Å²) < 4.78 is 6.50. The summed E-state index contributed by atoms with van der Waals surface area (Å²) in [4.78, 5) is 136. The van der Waals surface area contributed by atoms with E-state index in [0.717, 1.165) is 34.0 Å². The number of thiazole rings is 6. The van der Waals surface area contributed by atoms with E-state index < -0.39 is 96.4 Å². The van der Waals surface area contributed by atoms with Gasteiger partial charge in [-0.3, -0.25) is 33.6 Å². The van der Waals surface area contributed by atoms with E-state index in [1.807, 2.05) is 25.9 Å². The summed E-state index contributed by atoms with van der Waals surface area (Å²) in [5, 5.41) is 40.9. The predicted molar refractivity (Wildman–Crippen MR) is 341 cm³/mol. The number of ketones is 1. The fourth-order valence-electron chi connectivity index (χ4n) is 10.4. The Morgan fingerprint density at radius 1 is 0.733 bits per heavy atom. The first kappa shape index (κ1) is 63.1. The van der Waals surface area contributed by atoms with Crippen LogP contribution in [-0.4, -0.2) is 149 Å². The van der Waals surface area contributed by atoms with Crippen molar-refractivity contribution in [1.82, 2.24) is 60.6 Å². The topological polar surface area (TPSA) is 354 Å². The molecule has 9 heterocycles. The number of phenols is 1. The number of phenolic OH excluding ortho intramolecular Hbond substituents is 1. The number of aliphatic hydroxyl groups excluding tert-OH is 1. The van der Waals surface area contributed by atoms with Crippen LogP contribution in [0.4, 0.5) is 0 Å². The normalized spacial score (nSPS) is 19.2. The van der Waals surface area contributed by atoms with Gasteiger partial charge in [0.05, 0.1) is 41.4 Å². The van der Waals surface area contributed by atoms with Crippen LogP contribution in [0.1, 0.15) is 117 Å². The average Bonchev–Trinajstić information content (AvgIpc) is 1.97. The number of likely N-dealkylation sites (N-methyl/N-ethyl adjacent to an activating group) is 1. The van der Waals surface area contributed by atoms with Crippen LogP contribution in [-0.2, 0) is 25.5 Å². The predicted octanol–water partition coefficient (Wildman–Crippen LogP) is 6.98. The minimum atomic E-state index is -1.25. The Hall–Kier alpha value is -8.46. The molecule has 464 valence electrons. The Morgan fingerprint density at radius 2 is 1.39 bits per heavy atom. The Labute approximate surface area is 538 Å². The molecule has 2 aromatic carbocycles. The molecule has 0 saturated carbocycles. The van der Waals surface area contributed by atoms with Gasteiger partial charge >= 0.3 is 0 Å². The van der Waals surface area contributed by atoms with Crippen LogP contribution in [0.25, 0.3) is 43.4 Å². The number of benzene rings is 2. The Kier molecular flexibility index (Phi) is 19.2. The molecule has 30 heteroatoms. The van der Waals surface area contributed by atoms with Crippen molar-refractivity contribution in [2.45, 2.75) is 69.4 Å². The second-order valence-corrected chi connectivity index (χ2v) is 27.2. The number of ether oxygens (including phenoxy) is 1. The number of aromatic nitrogens is 7. The molecule has 2 aliphatic rings. The highest BCUT2D eigenvalue weighted by Gasteiger charge is 2.46. The van der Waals surface area contributed by atoms with Gasteiger partial charge < -0.3 is 52.2 Å². The lowest BCUT2D eigenvalue weighted by Crippen LogP contribution is -2.50. The Morgan fingerprint density at radius 3 is 2.12 bits per heavy atom. The lowest BCUT2D eigenvalue weighted by molar-refractivity contribution is -0.134. The number of Topliss-reactive ketones (excluding diaryl/α,β-unsaturated/α-hetero) is 1. The molecule has 7 aromatic heterocycles. The van der Waals surface area contributed by atoms with Crippen molar-refractivity contribution in [2.75, 3.05) is 40.3 Å². The summed E-state index contributed by atoms with van der Waals surface area (Å²) in [6, 6.07) is 15.5. The molecule has 0 aliphatic carbocycles. The first-order chi connectivity index (χ1) is 43.2. The Balaban J connectivity index is 1.02. The number of aryl methyl sites for hydroxylation is 1. The van der Waals surface area contributed by atoms with Gasteiger partial charge in [0.2, 0.25) is 17.7 Å². The number of aliphatic hydroxyl groups is 1. The standard InChI is InChI=1S/C60H58N14O10S6/c1-28-44(77)21-74-49(28)59-71-42(27-89-59)57-67-38(23-87-57)48-33(14-15-35(64-48)56-68-39(24-88-56)51(62)80)54-69-40(25-85-54)52(81)65-36(20-45(61)78)58-72-47(29(2)90-58)43(76)19-34(50(31-8-6-5-7-9-31)84-22-46(79)63-16-17-73(3)4)55-70-41(26-86-55)53(82)66-37(60(74)83)18-30-10-12-32(75)13-11-30/h5-15,23-28,34,36-37,44,49-50,75,77H,16-22H2,1-4H3,(H2,61,78)(H2,62,80)(H,63,79)(H,65,81)(H,66,82)/t28-,34-,36-,37-,44-,49-,50+/m0/s1. The molecule has 1 saturated heterocycles. The molecule has 24 nitrogen and oxygen atoms in total. The van der Waals surface area contributed by atoms with Gasteiger partial charge in [-0.25, -0.2) is 34.9 Å². The van der Waals surface area contributed by atoms with E-state index in [-0.39, 0.29) is 57.9 Å². The highest BCUT2D eigenvalue weighted by molar-refractivity contribution is 7.15. The third kappa shape index (κ3) is 14.1. The van der Waals surface area contributed by atoms with Crippen molar-refractivity contribution in [3.63, 3.8) is 0 Å². The molecule has 10 bridgehead atoms. The monoisotopic (exact) mass is 1330 g/mol. The molecule has 9 N–H and O–H groups in total. The quantitative estimate of drug-likeness (QED) is 0.0577. The molecule has 2 aliphatic heterocycles. The third-order valence-corrected chi connectivity index (χ3v) is 20.6. The van der Waals surface area contributed by atoms with Gasteiger partial charge in [0.15, 0.2) is 5.78 Å². The zero-order valence-corrected chi connectivity index (χ0v) is 53.4. The maximum Gasteiger partial charge on any atom is 0.271 e. The number of nitrogens with zero attached hydrogens (tertiary/aromatic N) is 9. The molecular weight excluding hydrogens is 1270 g/mol. The van der Waals surface area contributed by atoms with Crippen molar-refractivity contribution in [3.05, 3.63) is 147 Å². The van der Waals surface area contributed by atoms with Gasteiger partial charge in [-0.1, -0.05) is 49.4 Å². The molecule has 7 atom stereocenters. The highest BCUT2D eigenvalue weighted by Crippen LogP contribution is 2.44. The summed E-state index contributed by atoms with van der Waals surface area (Å²) in [7, 11) is 3.75. The molecule has 11 rings (SSSR count). The average molecular weight is 1330 g/mol. The third-order valence-electron chi connectivity index (χ3n) is 15.0.